The molecular formula is C14H21Cl2N3O. The molecule has 1 aromatic carbocycles. The molecule has 0 saturated carbocycles. The van der Waals surface area contributed by atoms with Gasteiger partial charge in [-0.05, 0) is 37.6 Å². The molecule has 0 radical (unpaired) electrons. The first kappa shape index (κ1) is 16.0. The van der Waals surface area contributed by atoms with Crippen molar-refractivity contribution in [3.05, 3.63) is 33.8 Å². The van der Waals surface area contributed by atoms with Gasteiger partial charge in [0.2, 0.25) is 0 Å². The Hall–Kier alpha value is -0.360. The smallest absolute Gasteiger partial charge is 0.0653 e. The van der Waals surface area contributed by atoms with Crippen molar-refractivity contribution < 1.29 is 4.74 Å². The lowest BCUT2D eigenvalue weighted by Gasteiger charge is -2.45. The summed E-state index contributed by atoms with van der Waals surface area (Å²) in [6.45, 7) is 7.54. The highest BCUT2D eigenvalue weighted by Crippen LogP contribution is 2.36. The van der Waals surface area contributed by atoms with Crippen LogP contribution < -0.4 is 11.3 Å². The minimum atomic E-state index is -0.202. The number of hydrogen-bond donors (Lipinski definition) is 2. The van der Waals surface area contributed by atoms with Crippen LogP contribution in [-0.4, -0.2) is 36.7 Å². The molecule has 1 fully saturated rings. The van der Waals surface area contributed by atoms with Gasteiger partial charge < -0.3 is 4.74 Å². The number of hydrogen-bond acceptors (Lipinski definition) is 4. The zero-order valence-corrected chi connectivity index (χ0v) is 13.3. The van der Waals surface area contributed by atoms with E-state index in [4.69, 9.17) is 33.8 Å². The molecule has 0 spiro atoms. The summed E-state index contributed by atoms with van der Waals surface area (Å²) in [5.41, 5.74) is 3.61. The number of halogens is 2. The number of nitrogens with two attached hydrogens (primary N) is 1. The van der Waals surface area contributed by atoms with Crippen LogP contribution in [0.2, 0.25) is 10.0 Å². The van der Waals surface area contributed by atoms with Gasteiger partial charge in [0.25, 0.3) is 0 Å². The SMILES string of the molecule is CC(C)(C(NN)c1cc(Cl)ccc1Cl)N1CCOCC1. The van der Waals surface area contributed by atoms with Crippen molar-refractivity contribution in [3.63, 3.8) is 0 Å². The summed E-state index contributed by atoms with van der Waals surface area (Å²) < 4.78 is 5.42. The Morgan fingerprint density at radius 1 is 1.30 bits per heavy atom. The van der Waals surface area contributed by atoms with Crippen molar-refractivity contribution in [1.29, 1.82) is 0 Å². The molecule has 1 aromatic rings. The van der Waals surface area contributed by atoms with Crippen molar-refractivity contribution in [2.24, 2.45) is 5.84 Å². The third kappa shape index (κ3) is 3.27. The molecule has 1 unspecified atom stereocenters. The lowest BCUT2D eigenvalue weighted by atomic mass is 9.87. The van der Waals surface area contributed by atoms with Crippen molar-refractivity contribution in [3.8, 4) is 0 Å². The monoisotopic (exact) mass is 317 g/mol. The molecule has 1 aliphatic heterocycles. The molecule has 1 atom stereocenters. The number of morpholine rings is 1. The third-order valence-electron chi connectivity index (χ3n) is 3.97. The number of hydrazine groups is 1. The van der Waals surface area contributed by atoms with Gasteiger partial charge in [0.1, 0.15) is 0 Å². The molecule has 112 valence electrons. The second kappa shape index (κ2) is 6.60. The molecule has 0 aromatic heterocycles. The second-order valence-electron chi connectivity index (χ2n) is 5.52. The second-order valence-corrected chi connectivity index (χ2v) is 6.36. The zero-order chi connectivity index (χ0) is 14.8. The topological polar surface area (TPSA) is 50.5 Å². The van der Waals surface area contributed by atoms with Gasteiger partial charge in [-0.1, -0.05) is 23.2 Å². The average Bonchev–Trinajstić information content (AvgIpc) is 2.44. The summed E-state index contributed by atoms with van der Waals surface area (Å²) >= 11 is 12.4. The number of rotatable bonds is 4. The molecule has 2 rings (SSSR count). The lowest BCUT2D eigenvalue weighted by molar-refractivity contribution is -0.0238. The summed E-state index contributed by atoms with van der Waals surface area (Å²) in [5, 5.41) is 1.32. The maximum atomic E-state index is 6.32. The predicted octanol–water partition coefficient (Wildman–Crippen LogP) is 2.61. The summed E-state index contributed by atoms with van der Waals surface area (Å²) in [7, 11) is 0. The standard InChI is InChI=1S/C14H21Cl2N3O/c1-14(2,19-5-7-20-8-6-19)13(18-17)11-9-10(15)3-4-12(11)16/h3-4,9,13,18H,5-8,17H2,1-2H3. The van der Waals surface area contributed by atoms with Gasteiger partial charge in [-0.25, -0.2) is 0 Å². The predicted molar refractivity (Wildman–Crippen MR) is 83.0 cm³/mol. The van der Waals surface area contributed by atoms with Crippen LogP contribution in [0.3, 0.4) is 0 Å². The van der Waals surface area contributed by atoms with Gasteiger partial charge in [-0.2, -0.15) is 0 Å². The van der Waals surface area contributed by atoms with E-state index < -0.39 is 0 Å². The maximum absolute atomic E-state index is 6.32. The fourth-order valence-electron chi connectivity index (χ4n) is 2.73. The minimum Gasteiger partial charge on any atom is -0.379 e. The van der Waals surface area contributed by atoms with Gasteiger partial charge in [0.15, 0.2) is 0 Å². The first-order valence-corrected chi connectivity index (χ1v) is 7.46. The number of benzene rings is 1. The van der Waals surface area contributed by atoms with Crippen LogP contribution in [0.1, 0.15) is 25.5 Å². The van der Waals surface area contributed by atoms with E-state index in [1.807, 2.05) is 6.07 Å². The van der Waals surface area contributed by atoms with Crippen LogP contribution in [0.15, 0.2) is 18.2 Å². The Kier molecular flexibility index (Phi) is 5.29. The van der Waals surface area contributed by atoms with Crippen LogP contribution in [0.25, 0.3) is 0 Å². The van der Waals surface area contributed by atoms with Gasteiger partial charge in [0.05, 0.1) is 19.3 Å². The van der Waals surface area contributed by atoms with Crippen LogP contribution in [0, 0.1) is 0 Å². The maximum Gasteiger partial charge on any atom is 0.0653 e. The molecule has 1 aliphatic rings. The van der Waals surface area contributed by atoms with Crippen LogP contribution in [-0.2, 0) is 4.74 Å². The quantitative estimate of drug-likeness (QED) is 0.662. The van der Waals surface area contributed by atoms with Crippen molar-refractivity contribution in [2.45, 2.75) is 25.4 Å². The fraction of sp³-hybridized carbons (Fsp3) is 0.571. The highest BCUT2D eigenvalue weighted by Gasteiger charge is 2.37. The average molecular weight is 318 g/mol. The number of nitrogens with one attached hydrogen (secondary N) is 1. The Balaban J connectivity index is 2.32. The van der Waals surface area contributed by atoms with Crippen molar-refractivity contribution in [2.75, 3.05) is 26.3 Å². The highest BCUT2D eigenvalue weighted by atomic mass is 35.5. The van der Waals surface area contributed by atoms with Crippen LogP contribution in [0.5, 0.6) is 0 Å². The lowest BCUT2D eigenvalue weighted by Crippen LogP contribution is -2.57. The molecule has 6 heteroatoms. The zero-order valence-electron chi connectivity index (χ0n) is 11.8. The van der Waals surface area contributed by atoms with E-state index in [1.165, 1.54) is 0 Å². The van der Waals surface area contributed by atoms with E-state index in [9.17, 15) is 0 Å². The first-order valence-electron chi connectivity index (χ1n) is 6.70. The van der Waals surface area contributed by atoms with Gasteiger partial charge in [-0.3, -0.25) is 16.2 Å². The summed E-state index contributed by atoms with van der Waals surface area (Å²) in [6, 6.07) is 5.34. The number of ether oxygens (including phenoxy) is 1. The molecule has 0 bridgehead atoms. The van der Waals surface area contributed by atoms with E-state index in [0.29, 0.717) is 10.0 Å². The Labute approximate surface area is 130 Å². The Bertz CT molecular complexity index is 462. The molecular weight excluding hydrogens is 297 g/mol. The molecule has 20 heavy (non-hydrogen) atoms. The summed E-state index contributed by atoms with van der Waals surface area (Å²) in [5.74, 6) is 5.81. The molecule has 0 aliphatic carbocycles. The Morgan fingerprint density at radius 3 is 2.55 bits per heavy atom. The highest BCUT2D eigenvalue weighted by molar-refractivity contribution is 6.33. The van der Waals surface area contributed by atoms with Gasteiger partial charge in [-0.15, -0.1) is 0 Å². The van der Waals surface area contributed by atoms with Crippen molar-refractivity contribution >= 4 is 23.2 Å². The van der Waals surface area contributed by atoms with Crippen LogP contribution >= 0.6 is 23.2 Å². The Morgan fingerprint density at radius 2 is 1.95 bits per heavy atom. The van der Waals surface area contributed by atoms with E-state index in [0.717, 1.165) is 31.9 Å². The van der Waals surface area contributed by atoms with E-state index >= 15 is 0 Å². The van der Waals surface area contributed by atoms with Crippen molar-refractivity contribution in [1.82, 2.24) is 10.3 Å². The molecule has 0 amide bonds. The van der Waals surface area contributed by atoms with Gasteiger partial charge in [0, 0.05) is 28.7 Å². The van der Waals surface area contributed by atoms with E-state index in [-0.39, 0.29) is 11.6 Å². The van der Waals surface area contributed by atoms with Crippen LogP contribution in [0.4, 0.5) is 0 Å². The molecule has 4 nitrogen and oxygen atoms in total. The minimum absolute atomic E-state index is 0.119. The summed E-state index contributed by atoms with van der Waals surface area (Å²) in [6.07, 6.45) is 0. The third-order valence-corrected chi connectivity index (χ3v) is 4.55. The molecule has 1 saturated heterocycles. The largest absolute Gasteiger partial charge is 0.379 e. The summed E-state index contributed by atoms with van der Waals surface area (Å²) in [4.78, 5) is 2.36. The molecule has 3 N–H and O–H groups in total. The molecule has 1 heterocycles. The van der Waals surface area contributed by atoms with E-state index in [2.05, 4.69) is 24.2 Å². The van der Waals surface area contributed by atoms with E-state index in [1.54, 1.807) is 12.1 Å². The fourth-order valence-corrected chi connectivity index (χ4v) is 3.14. The normalized spacial score (nSPS) is 19.1. The van der Waals surface area contributed by atoms with Gasteiger partial charge >= 0.3 is 0 Å². The first-order chi connectivity index (χ1) is 9.46. The number of nitrogens with zero attached hydrogens (tertiary/aromatic N) is 1.